The Morgan fingerprint density at radius 1 is 0.714 bits per heavy atom. The first-order valence-electron chi connectivity index (χ1n) is 7.36. The van der Waals surface area contributed by atoms with Gasteiger partial charge in [-0.15, -0.1) is 0 Å². The molecule has 0 atom stereocenters. The average Bonchev–Trinajstić information content (AvgIpc) is 2.56. The van der Waals surface area contributed by atoms with E-state index >= 15 is 0 Å². The zero-order chi connectivity index (χ0) is 14.7. The normalized spacial score (nSPS) is 10.8. The molecule has 104 valence electrons. The molecule has 0 amide bonds. The Balaban J connectivity index is 2.16. The van der Waals surface area contributed by atoms with Crippen LogP contribution < -0.4 is 0 Å². The Morgan fingerprint density at radius 2 is 1.43 bits per heavy atom. The summed E-state index contributed by atoms with van der Waals surface area (Å²) < 4.78 is 0. The van der Waals surface area contributed by atoms with Gasteiger partial charge in [0, 0.05) is 11.8 Å². The third-order valence-corrected chi connectivity index (χ3v) is 3.69. The number of hydrogen-bond donors (Lipinski definition) is 0. The molecule has 0 radical (unpaired) electrons. The molecule has 1 nitrogen and oxygen atoms in total. The standard InChI is InChI=1S/C20H19N/c1-15(2)17-12-18(16-8-4-3-5-9-16)14-19(13-17)20-10-6-7-11-21-20/h3-15H,1-2H3. The Kier molecular flexibility index (Phi) is 3.83. The molecule has 1 heteroatoms. The van der Waals surface area contributed by atoms with Crippen LogP contribution in [0.25, 0.3) is 22.4 Å². The summed E-state index contributed by atoms with van der Waals surface area (Å²) >= 11 is 0. The highest BCUT2D eigenvalue weighted by atomic mass is 14.7. The van der Waals surface area contributed by atoms with E-state index in [1.807, 2.05) is 18.3 Å². The maximum absolute atomic E-state index is 4.48. The molecule has 0 spiro atoms. The van der Waals surface area contributed by atoms with Crippen LogP contribution in [0.5, 0.6) is 0 Å². The van der Waals surface area contributed by atoms with E-state index in [1.54, 1.807) is 0 Å². The van der Waals surface area contributed by atoms with Crippen molar-refractivity contribution in [2.24, 2.45) is 0 Å². The molecule has 0 aliphatic rings. The average molecular weight is 273 g/mol. The summed E-state index contributed by atoms with van der Waals surface area (Å²) in [5.41, 5.74) is 6.05. The van der Waals surface area contributed by atoms with Crippen molar-refractivity contribution >= 4 is 0 Å². The van der Waals surface area contributed by atoms with Crippen LogP contribution in [0.3, 0.4) is 0 Å². The second-order valence-electron chi connectivity index (χ2n) is 5.58. The highest BCUT2D eigenvalue weighted by Crippen LogP contribution is 2.30. The van der Waals surface area contributed by atoms with Crippen molar-refractivity contribution in [2.75, 3.05) is 0 Å². The Labute approximate surface area is 126 Å². The van der Waals surface area contributed by atoms with Crippen molar-refractivity contribution in [1.82, 2.24) is 4.98 Å². The van der Waals surface area contributed by atoms with Gasteiger partial charge in [-0.3, -0.25) is 4.98 Å². The van der Waals surface area contributed by atoms with E-state index in [0.717, 1.165) is 5.69 Å². The number of nitrogens with zero attached hydrogens (tertiary/aromatic N) is 1. The lowest BCUT2D eigenvalue weighted by Gasteiger charge is -2.12. The minimum Gasteiger partial charge on any atom is -0.256 e. The van der Waals surface area contributed by atoms with E-state index in [0.29, 0.717) is 5.92 Å². The SMILES string of the molecule is CC(C)c1cc(-c2ccccc2)cc(-c2ccccn2)c1. The number of pyridine rings is 1. The lowest BCUT2D eigenvalue weighted by molar-refractivity contribution is 0.867. The molecule has 0 aliphatic heterocycles. The van der Waals surface area contributed by atoms with Crippen LogP contribution >= 0.6 is 0 Å². The molecule has 0 saturated carbocycles. The monoisotopic (exact) mass is 273 g/mol. The van der Waals surface area contributed by atoms with Crippen LogP contribution in [-0.4, -0.2) is 4.98 Å². The summed E-state index contributed by atoms with van der Waals surface area (Å²) in [6.07, 6.45) is 1.85. The highest BCUT2D eigenvalue weighted by Gasteiger charge is 2.08. The van der Waals surface area contributed by atoms with Gasteiger partial charge in [0.1, 0.15) is 0 Å². The largest absolute Gasteiger partial charge is 0.256 e. The minimum atomic E-state index is 0.496. The topological polar surface area (TPSA) is 12.9 Å². The van der Waals surface area contributed by atoms with Crippen molar-refractivity contribution in [3.8, 4) is 22.4 Å². The molecule has 1 aromatic heterocycles. The molecular formula is C20H19N. The van der Waals surface area contributed by atoms with Crippen LogP contribution in [0, 0.1) is 0 Å². The van der Waals surface area contributed by atoms with E-state index in [4.69, 9.17) is 0 Å². The van der Waals surface area contributed by atoms with E-state index < -0.39 is 0 Å². The summed E-state index contributed by atoms with van der Waals surface area (Å²) in [5, 5.41) is 0. The number of benzene rings is 2. The zero-order valence-electron chi connectivity index (χ0n) is 12.5. The van der Waals surface area contributed by atoms with Crippen LogP contribution in [0.1, 0.15) is 25.3 Å². The molecule has 3 aromatic rings. The van der Waals surface area contributed by atoms with E-state index in [9.17, 15) is 0 Å². The smallest absolute Gasteiger partial charge is 0.0702 e. The summed E-state index contributed by atoms with van der Waals surface area (Å²) in [7, 11) is 0. The van der Waals surface area contributed by atoms with Gasteiger partial charge in [-0.05, 0) is 46.9 Å². The molecule has 3 rings (SSSR count). The lowest BCUT2D eigenvalue weighted by atomic mass is 9.93. The van der Waals surface area contributed by atoms with Gasteiger partial charge in [0.15, 0.2) is 0 Å². The molecule has 0 N–H and O–H groups in total. The molecule has 0 saturated heterocycles. The molecule has 2 aromatic carbocycles. The third kappa shape index (κ3) is 3.03. The molecular weight excluding hydrogens is 254 g/mol. The summed E-state index contributed by atoms with van der Waals surface area (Å²) in [4.78, 5) is 4.48. The van der Waals surface area contributed by atoms with Crippen LogP contribution in [0.15, 0.2) is 72.9 Å². The summed E-state index contributed by atoms with van der Waals surface area (Å²) in [5.74, 6) is 0.496. The van der Waals surface area contributed by atoms with Crippen LogP contribution in [0.2, 0.25) is 0 Å². The van der Waals surface area contributed by atoms with Gasteiger partial charge in [-0.1, -0.05) is 56.3 Å². The van der Waals surface area contributed by atoms with Gasteiger partial charge in [0.2, 0.25) is 0 Å². The van der Waals surface area contributed by atoms with Gasteiger partial charge < -0.3 is 0 Å². The molecule has 21 heavy (non-hydrogen) atoms. The Hall–Kier alpha value is -2.41. The van der Waals surface area contributed by atoms with Crippen LogP contribution in [0.4, 0.5) is 0 Å². The second-order valence-corrected chi connectivity index (χ2v) is 5.58. The van der Waals surface area contributed by atoms with Gasteiger partial charge in [-0.25, -0.2) is 0 Å². The first-order chi connectivity index (χ1) is 10.2. The Bertz CT molecular complexity index is 658. The van der Waals surface area contributed by atoms with Crippen molar-refractivity contribution in [3.63, 3.8) is 0 Å². The number of hydrogen-bond acceptors (Lipinski definition) is 1. The molecule has 0 bridgehead atoms. The van der Waals surface area contributed by atoms with Gasteiger partial charge in [0.05, 0.1) is 5.69 Å². The minimum absolute atomic E-state index is 0.496. The predicted octanol–water partition coefficient (Wildman–Crippen LogP) is 5.54. The van der Waals surface area contributed by atoms with E-state index in [1.165, 1.54) is 22.3 Å². The predicted molar refractivity (Wildman–Crippen MR) is 89.2 cm³/mol. The lowest BCUT2D eigenvalue weighted by Crippen LogP contribution is -1.92. The van der Waals surface area contributed by atoms with Gasteiger partial charge >= 0.3 is 0 Å². The zero-order valence-corrected chi connectivity index (χ0v) is 12.5. The first-order valence-corrected chi connectivity index (χ1v) is 7.36. The molecule has 0 fully saturated rings. The quantitative estimate of drug-likeness (QED) is 0.610. The second kappa shape index (κ2) is 5.92. The molecule has 1 heterocycles. The van der Waals surface area contributed by atoms with Crippen molar-refractivity contribution in [3.05, 3.63) is 78.5 Å². The fourth-order valence-corrected chi connectivity index (χ4v) is 2.46. The first kappa shape index (κ1) is 13.6. The summed E-state index contributed by atoms with van der Waals surface area (Å²) in [6, 6.07) is 23.3. The van der Waals surface area contributed by atoms with Crippen molar-refractivity contribution in [1.29, 1.82) is 0 Å². The highest BCUT2D eigenvalue weighted by molar-refractivity contribution is 5.72. The maximum atomic E-state index is 4.48. The fourth-order valence-electron chi connectivity index (χ4n) is 2.46. The third-order valence-electron chi connectivity index (χ3n) is 3.69. The Morgan fingerprint density at radius 3 is 2.10 bits per heavy atom. The van der Waals surface area contributed by atoms with Gasteiger partial charge in [0.25, 0.3) is 0 Å². The van der Waals surface area contributed by atoms with Crippen molar-refractivity contribution < 1.29 is 0 Å². The number of rotatable bonds is 3. The molecule has 0 unspecified atom stereocenters. The molecule has 0 aliphatic carbocycles. The fraction of sp³-hybridized carbons (Fsp3) is 0.150. The van der Waals surface area contributed by atoms with Crippen molar-refractivity contribution in [2.45, 2.75) is 19.8 Å². The van der Waals surface area contributed by atoms with Gasteiger partial charge in [-0.2, -0.15) is 0 Å². The van der Waals surface area contributed by atoms with Crippen LogP contribution in [-0.2, 0) is 0 Å². The van der Waals surface area contributed by atoms with E-state index in [2.05, 4.69) is 73.4 Å². The maximum Gasteiger partial charge on any atom is 0.0702 e. The summed E-state index contributed by atoms with van der Waals surface area (Å²) in [6.45, 7) is 4.46. The number of aromatic nitrogens is 1. The van der Waals surface area contributed by atoms with E-state index in [-0.39, 0.29) is 0 Å².